The first-order valence-corrected chi connectivity index (χ1v) is 7.04. The molecule has 0 spiro atoms. The van der Waals surface area contributed by atoms with Crippen LogP contribution in [0.25, 0.3) is 0 Å². The lowest BCUT2D eigenvalue weighted by molar-refractivity contribution is 0.284. The highest BCUT2D eigenvalue weighted by Gasteiger charge is 2.17. The molecule has 1 saturated heterocycles. The molecule has 0 saturated carbocycles. The van der Waals surface area contributed by atoms with E-state index in [9.17, 15) is 0 Å². The van der Waals surface area contributed by atoms with Crippen molar-refractivity contribution >= 4 is 29.1 Å². The molecule has 0 aliphatic carbocycles. The molecule has 3 nitrogen and oxygen atoms in total. The van der Waals surface area contributed by atoms with E-state index in [1.54, 1.807) is 11.3 Å². The number of nitrogens with zero attached hydrogens (tertiary/aromatic N) is 3. The molecule has 0 bridgehead atoms. The lowest BCUT2D eigenvalue weighted by atomic mass is 10.3. The van der Waals surface area contributed by atoms with Gasteiger partial charge in [0.15, 0.2) is 5.13 Å². The minimum Gasteiger partial charge on any atom is -0.346 e. The lowest BCUT2D eigenvalue weighted by Gasteiger charge is -2.33. The third-order valence-corrected chi connectivity index (χ3v) is 3.74. The van der Waals surface area contributed by atoms with Crippen molar-refractivity contribution in [1.29, 1.82) is 0 Å². The van der Waals surface area contributed by atoms with Gasteiger partial charge in [-0.15, -0.1) is 11.3 Å². The molecule has 0 radical (unpaired) electrons. The first-order valence-electron chi connectivity index (χ1n) is 5.53. The average molecular weight is 255 g/mol. The van der Waals surface area contributed by atoms with Crippen LogP contribution in [0.15, 0.2) is 23.7 Å². The Hall–Kier alpha value is -0.520. The highest BCUT2D eigenvalue weighted by molar-refractivity contribution is 7.80. The van der Waals surface area contributed by atoms with Crippen molar-refractivity contribution in [2.24, 2.45) is 0 Å². The first kappa shape index (κ1) is 12.0. The zero-order valence-corrected chi connectivity index (χ0v) is 11.0. The molecule has 0 aromatic carbocycles. The molecule has 1 aromatic rings. The highest BCUT2D eigenvalue weighted by Crippen LogP contribution is 2.18. The van der Waals surface area contributed by atoms with Crippen LogP contribution in [0.2, 0.25) is 0 Å². The van der Waals surface area contributed by atoms with Gasteiger partial charge < -0.3 is 4.90 Å². The van der Waals surface area contributed by atoms with Gasteiger partial charge in [-0.05, 0) is 0 Å². The van der Waals surface area contributed by atoms with Crippen molar-refractivity contribution in [2.45, 2.75) is 0 Å². The number of anilines is 1. The van der Waals surface area contributed by atoms with Crippen molar-refractivity contribution in [1.82, 2.24) is 9.88 Å². The fraction of sp³-hybridized carbons (Fsp3) is 0.545. The summed E-state index contributed by atoms with van der Waals surface area (Å²) >= 11 is 5.88. The average Bonchev–Trinajstić information content (AvgIpc) is 2.84. The Bertz CT molecular complexity index is 316. The normalized spacial score (nSPS) is 18.4. The molecule has 0 unspecified atom stereocenters. The van der Waals surface area contributed by atoms with E-state index in [-0.39, 0.29) is 0 Å². The number of hydrogen-bond donors (Lipinski definition) is 1. The van der Waals surface area contributed by atoms with Gasteiger partial charge in [0.1, 0.15) is 0 Å². The SMILES string of the molecule is SCC=CCN1CCN(c2nccs2)CC1. The Balaban J connectivity index is 1.76. The van der Waals surface area contributed by atoms with Crippen molar-refractivity contribution < 1.29 is 0 Å². The fourth-order valence-corrected chi connectivity index (χ4v) is 2.64. The molecule has 1 aromatic heterocycles. The Morgan fingerprint density at radius 2 is 2.12 bits per heavy atom. The Morgan fingerprint density at radius 1 is 1.31 bits per heavy atom. The van der Waals surface area contributed by atoms with Crippen LogP contribution in [-0.2, 0) is 0 Å². The summed E-state index contributed by atoms with van der Waals surface area (Å²) < 4.78 is 0. The maximum Gasteiger partial charge on any atom is 0.185 e. The summed E-state index contributed by atoms with van der Waals surface area (Å²) in [5.74, 6) is 0.832. The summed E-state index contributed by atoms with van der Waals surface area (Å²) in [6, 6.07) is 0. The molecule has 16 heavy (non-hydrogen) atoms. The van der Waals surface area contributed by atoms with Gasteiger partial charge in [-0.25, -0.2) is 4.98 Å². The van der Waals surface area contributed by atoms with Gasteiger partial charge >= 0.3 is 0 Å². The second kappa shape index (κ2) is 6.27. The predicted molar refractivity (Wildman–Crippen MR) is 73.8 cm³/mol. The Labute approximate surface area is 106 Å². The van der Waals surface area contributed by atoms with Crippen LogP contribution in [0, 0.1) is 0 Å². The molecule has 2 heterocycles. The smallest absolute Gasteiger partial charge is 0.185 e. The van der Waals surface area contributed by atoms with Gasteiger partial charge in [0, 0.05) is 50.1 Å². The van der Waals surface area contributed by atoms with E-state index in [1.165, 1.54) is 0 Å². The van der Waals surface area contributed by atoms with Gasteiger partial charge in [0.2, 0.25) is 0 Å². The van der Waals surface area contributed by atoms with Crippen LogP contribution in [0.3, 0.4) is 0 Å². The molecule has 2 rings (SSSR count). The molecule has 0 atom stereocenters. The molecular formula is C11H17N3S2. The van der Waals surface area contributed by atoms with E-state index in [0.717, 1.165) is 43.6 Å². The third-order valence-electron chi connectivity index (χ3n) is 2.70. The Morgan fingerprint density at radius 3 is 2.75 bits per heavy atom. The van der Waals surface area contributed by atoms with E-state index in [0.29, 0.717) is 0 Å². The summed E-state index contributed by atoms with van der Waals surface area (Å²) in [6.07, 6.45) is 6.18. The minimum absolute atomic E-state index is 0.832. The van der Waals surface area contributed by atoms with Crippen molar-refractivity contribution in [3.8, 4) is 0 Å². The number of thiazole rings is 1. The molecule has 1 aliphatic heterocycles. The van der Waals surface area contributed by atoms with Crippen molar-refractivity contribution in [3.05, 3.63) is 23.7 Å². The highest BCUT2D eigenvalue weighted by atomic mass is 32.1. The molecule has 5 heteroatoms. The molecule has 88 valence electrons. The Kier molecular flexibility index (Phi) is 4.69. The van der Waals surface area contributed by atoms with Crippen LogP contribution in [0.1, 0.15) is 0 Å². The van der Waals surface area contributed by atoms with E-state index >= 15 is 0 Å². The molecular weight excluding hydrogens is 238 g/mol. The van der Waals surface area contributed by atoms with E-state index in [4.69, 9.17) is 0 Å². The van der Waals surface area contributed by atoms with Crippen molar-refractivity contribution in [2.75, 3.05) is 43.4 Å². The molecule has 1 fully saturated rings. The quantitative estimate of drug-likeness (QED) is 0.653. The van der Waals surface area contributed by atoms with Crippen LogP contribution in [-0.4, -0.2) is 48.4 Å². The van der Waals surface area contributed by atoms with Gasteiger partial charge in [0.05, 0.1) is 0 Å². The van der Waals surface area contributed by atoms with Crippen LogP contribution in [0.4, 0.5) is 5.13 Å². The van der Waals surface area contributed by atoms with Gasteiger partial charge in [0.25, 0.3) is 0 Å². The number of thiol groups is 1. The summed E-state index contributed by atoms with van der Waals surface area (Å²) in [7, 11) is 0. The number of hydrogen-bond acceptors (Lipinski definition) is 5. The number of aromatic nitrogens is 1. The molecule has 0 N–H and O–H groups in total. The summed E-state index contributed by atoms with van der Waals surface area (Å²) in [4.78, 5) is 9.17. The van der Waals surface area contributed by atoms with Gasteiger partial charge in [-0.1, -0.05) is 12.2 Å². The standard InChI is InChI=1S/C11H17N3S2/c15-9-2-1-4-13-5-7-14(8-6-13)11-12-3-10-16-11/h1-3,10,15H,4-9H2. The van der Waals surface area contributed by atoms with Crippen LogP contribution in [0.5, 0.6) is 0 Å². The van der Waals surface area contributed by atoms with Crippen LogP contribution >= 0.6 is 24.0 Å². The maximum atomic E-state index is 4.34. The summed E-state index contributed by atoms with van der Waals surface area (Å²) in [6.45, 7) is 5.46. The van der Waals surface area contributed by atoms with E-state index in [1.807, 2.05) is 11.6 Å². The molecule has 1 aliphatic rings. The second-order valence-electron chi connectivity index (χ2n) is 3.76. The lowest BCUT2D eigenvalue weighted by Crippen LogP contribution is -2.46. The monoisotopic (exact) mass is 255 g/mol. The second-order valence-corrected chi connectivity index (χ2v) is 4.99. The number of piperazine rings is 1. The summed E-state index contributed by atoms with van der Waals surface area (Å²) in [5.41, 5.74) is 0. The largest absolute Gasteiger partial charge is 0.346 e. The van der Waals surface area contributed by atoms with Crippen LogP contribution < -0.4 is 4.90 Å². The maximum absolute atomic E-state index is 4.34. The fourth-order valence-electron chi connectivity index (χ4n) is 1.79. The topological polar surface area (TPSA) is 19.4 Å². The minimum atomic E-state index is 0.832. The number of rotatable bonds is 4. The van der Waals surface area contributed by atoms with E-state index < -0.39 is 0 Å². The third kappa shape index (κ3) is 3.23. The van der Waals surface area contributed by atoms with Gasteiger partial charge in [-0.2, -0.15) is 12.6 Å². The summed E-state index contributed by atoms with van der Waals surface area (Å²) in [5, 5.41) is 3.20. The van der Waals surface area contributed by atoms with Gasteiger partial charge in [-0.3, -0.25) is 4.90 Å². The zero-order chi connectivity index (χ0) is 11.2. The van der Waals surface area contributed by atoms with E-state index in [2.05, 4.69) is 39.6 Å². The zero-order valence-electron chi connectivity index (χ0n) is 9.25. The first-order chi connectivity index (χ1) is 7.90. The predicted octanol–water partition coefficient (Wildman–Crippen LogP) is 1.75. The van der Waals surface area contributed by atoms with Crippen molar-refractivity contribution in [3.63, 3.8) is 0 Å². The molecule has 0 amide bonds.